The van der Waals surface area contributed by atoms with Crippen molar-refractivity contribution >= 4 is 35.4 Å². The third-order valence-corrected chi connectivity index (χ3v) is 6.73. The number of ether oxygens (including phenoxy) is 6. The Labute approximate surface area is 266 Å². The van der Waals surface area contributed by atoms with Gasteiger partial charge in [-0.2, -0.15) is 5.10 Å². The molecule has 240 valence electrons. The molecule has 15 heteroatoms. The molecule has 0 aromatic heterocycles. The standard InChI is InChI=1S/C32H26N4O11/c1-42-26-14-21(15-27(43-2)29(26)44-3)30(37)34-22-10-7-18(8-11-22)31(38)35-33-16-20-5-4-6-23(36(40)41)28(20)47-32(39)19-9-12-24-25(13-19)46-17-45-24/h4-16H,17H2,1-3H3,(H,34,37)(H,35,38)/b33-16+. The van der Waals surface area contributed by atoms with Crippen LogP contribution in [0.5, 0.6) is 34.5 Å². The first kappa shape index (κ1) is 31.8. The van der Waals surface area contributed by atoms with Gasteiger partial charge >= 0.3 is 11.7 Å². The summed E-state index contributed by atoms with van der Waals surface area (Å²) >= 11 is 0. The van der Waals surface area contributed by atoms with E-state index in [-0.39, 0.29) is 34.8 Å². The highest BCUT2D eigenvalue weighted by molar-refractivity contribution is 6.05. The van der Waals surface area contributed by atoms with Gasteiger partial charge in [-0.25, -0.2) is 10.2 Å². The van der Waals surface area contributed by atoms with E-state index in [1.165, 1.54) is 94.1 Å². The predicted molar refractivity (Wildman–Crippen MR) is 166 cm³/mol. The molecule has 47 heavy (non-hydrogen) atoms. The Bertz CT molecular complexity index is 1870. The van der Waals surface area contributed by atoms with Crippen LogP contribution in [0.15, 0.2) is 77.9 Å². The minimum absolute atomic E-state index is 0.00162. The van der Waals surface area contributed by atoms with Crippen LogP contribution in [-0.2, 0) is 0 Å². The van der Waals surface area contributed by atoms with E-state index >= 15 is 0 Å². The molecule has 2 N–H and O–H groups in total. The van der Waals surface area contributed by atoms with Crippen LogP contribution in [0.25, 0.3) is 0 Å². The number of fused-ring (bicyclic) bond motifs is 1. The predicted octanol–water partition coefficient (Wildman–Crippen LogP) is 4.58. The lowest BCUT2D eigenvalue weighted by atomic mass is 10.1. The number of hydrogen-bond donors (Lipinski definition) is 2. The van der Waals surface area contributed by atoms with Gasteiger partial charge in [0.1, 0.15) is 0 Å². The molecule has 0 radical (unpaired) electrons. The van der Waals surface area contributed by atoms with Crippen LogP contribution in [0.3, 0.4) is 0 Å². The number of nitrogens with one attached hydrogen (secondary N) is 2. The molecule has 4 aromatic rings. The smallest absolute Gasteiger partial charge is 0.343 e. The van der Waals surface area contributed by atoms with E-state index < -0.39 is 28.4 Å². The van der Waals surface area contributed by atoms with Crippen LogP contribution in [0, 0.1) is 10.1 Å². The van der Waals surface area contributed by atoms with E-state index in [1.807, 2.05) is 0 Å². The Morgan fingerprint density at radius 1 is 0.809 bits per heavy atom. The van der Waals surface area contributed by atoms with Crippen molar-refractivity contribution in [2.75, 3.05) is 33.4 Å². The Balaban J connectivity index is 1.26. The molecular formula is C32H26N4O11. The summed E-state index contributed by atoms with van der Waals surface area (Å²) < 4.78 is 31.8. The van der Waals surface area contributed by atoms with Gasteiger partial charge in [-0.1, -0.05) is 6.07 Å². The number of para-hydroxylation sites is 1. The number of rotatable bonds is 11. The number of hydrazone groups is 1. The topological polar surface area (TPSA) is 186 Å². The molecule has 0 saturated carbocycles. The van der Waals surface area contributed by atoms with Crippen molar-refractivity contribution < 1.29 is 47.7 Å². The highest BCUT2D eigenvalue weighted by Gasteiger charge is 2.24. The monoisotopic (exact) mass is 642 g/mol. The van der Waals surface area contributed by atoms with Crippen LogP contribution in [0.1, 0.15) is 36.6 Å². The van der Waals surface area contributed by atoms with Gasteiger partial charge in [-0.15, -0.1) is 0 Å². The number of carbonyl (C=O) groups is 3. The second-order valence-corrected chi connectivity index (χ2v) is 9.55. The van der Waals surface area contributed by atoms with E-state index in [9.17, 15) is 24.5 Å². The van der Waals surface area contributed by atoms with Crippen molar-refractivity contribution in [2.24, 2.45) is 5.10 Å². The van der Waals surface area contributed by atoms with Crippen molar-refractivity contribution in [1.29, 1.82) is 0 Å². The summed E-state index contributed by atoms with van der Waals surface area (Å²) in [4.78, 5) is 49.5. The molecule has 0 atom stereocenters. The second kappa shape index (κ2) is 14.0. The van der Waals surface area contributed by atoms with Gasteiger partial charge in [0.2, 0.25) is 18.3 Å². The average Bonchev–Trinajstić information content (AvgIpc) is 3.56. The third-order valence-electron chi connectivity index (χ3n) is 6.73. The summed E-state index contributed by atoms with van der Waals surface area (Å²) in [6, 6.07) is 17.3. The average molecular weight is 643 g/mol. The molecule has 1 aliphatic heterocycles. The zero-order valence-corrected chi connectivity index (χ0v) is 25.1. The first-order chi connectivity index (χ1) is 22.7. The number of benzene rings is 4. The molecule has 0 fully saturated rings. The number of methoxy groups -OCH3 is 3. The molecule has 0 unspecified atom stereocenters. The van der Waals surface area contributed by atoms with Gasteiger partial charge in [0.25, 0.3) is 11.8 Å². The number of hydrogen-bond acceptors (Lipinski definition) is 12. The normalized spacial score (nSPS) is 11.5. The highest BCUT2D eigenvalue weighted by atomic mass is 16.7. The number of nitro benzene ring substituents is 1. The van der Waals surface area contributed by atoms with Crippen LogP contribution in [-0.4, -0.2) is 57.0 Å². The molecule has 0 aliphatic carbocycles. The lowest BCUT2D eigenvalue weighted by Crippen LogP contribution is -2.18. The summed E-state index contributed by atoms with van der Waals surface area (Å²) in [5.74, 6) is -0.584. The van der Waals surface area contributed by atoms with E-state index in [4.69, 9.17) is 28.4 Å². The Morgan fingerprint density at radius 2 is 1.49 bits per heavy atom. The van der Waals surface area contributed by atoms with Crippen LogP contribution < -0.4 is 39.2 Å². The minimum Gasteiger partial charge on any atom is -0.493 e. The maximum absolute atomic E-state index is 12.9. The maximum atomic E-state index is 12.9. The Hall–Kier alpha value is -6.64. The zero-order chi connectivity index (χ0) is 33.5. The molecule has 4 aromatic carbocycles. The summed E-state index contributed by atoms with van der Waals surface area (Å²) in [5.41, 5.74) is 2.81. The third kappa shape index (κ3) is 7.04. The molecule has 0 saturated heterocycles. The van der Waals surface area contributed by atoms with Crippen molar-refractivity contribution in [1.82, 2.24) is 5.43 Å². The van der Waals surface area contributed by atoms with E-state index in [2.05, 4.69) is 15.8 Å². The summed E-state index contributed by atoms with van der Waals surface area (Å²) in [5, 5.41) is 18.3. The molecule has 1 aliphatic rings. The number of amides is 2. The molecule has 2 amide bonds. The fraction of sp³-hybridized carbons (Fsp3) is 0.125. The molecule has 1 heterocycles. The number of anilines is 1. The van der Waals surface area contributed by atoms with Gasteiger partial charge in [-0.3, -0.25) is 19.7 Å². The fourth-order valence-electron chi connectivity index (χ4n) is 4.42. The quantitative estimate of drug-likeness (QED) is 0.0766. The maximum Gasteiger partial charge on any atom is 0.343 e. The number of esters is 1. The largest absolute Gasteiger partial charge is 0.493 e. The molecule has 5 rings (SSSR count). The van der Waals surface area contributed by atoms with E-state index in [1.54, 1.807) is 0 Å². The highest BCUT2D eigenvalue weighted by Crippen LogP contribution is 2.38. The van der Waals surface area contributed by atoms with Crippen LogP contribution in [0.4, 0.5) is 11.4 Å². The lowest BCUT2D eigenvalue weighted by Gasteiger charge is -2.14. The van der Waals surface area contributed by atoms with Crippen LogP contribution in [0.2, 0.25) is 0 Å². The number of nitrogens with zero attached hydrogens (tertiary/aromatic N) is 2. The van der Waals surface area contributed by atoms with Gasteiger partial charge in [0.05, 0.1) is 38.0 Å². The van der Waals surface area contributed by atoms with E-state index in [0.29, 0.717) is 34.4 Å². The second-order valence-electron chi connectivity index (χ2n) is 9.55. The first-order valence-corrected chi connectivity index (χ1v) is 13.7. The van der Waals surface area contributed by atoms with Gasteiger partial charge in [0.15, 0.2) is 23.0 Å². The lowest BCUT2D eigenvalue weighted by molar-refractivity contribution is -0.385. The van der Waals surface area contributed by atoms with Gasteiger partial charge in [0, 0.05) is 28.4 Å². The number of carbonyl (C=O) groups excluding carboxylic acids is 3. The van der Waals surface area contributed by atoms with E-state index in [0.717, 1.165) is 6.21 Å². The SMILES string of the molecule is COc1cc(C(=O)Nc2ccc(C(=O)N/N=C/c3cccc([N+](=O)[O-])c3OC(=O)c3ccc4c(c3)OCO4)cc2)cc(OC)c1OC. The van der Waals surface area contributed by atoms with Crippen molar-refractivity contribution in [3.63, 3.8) is 0 Å². The first-order valence-electron chi connectivity index (χ1n) is 13.7. The minimum atomic E-state index is -0.881. The summed E-state index contributed by atoms with van der Waals surface area (Å²) in [6.07, 6.45) is 1.11. The van der Waals surface area contributed by atoms with Crippen molar-refractivity contribution in [3.05, 3.63) is 105 Å². The Morgan fingerprint density at radius 3 is 2.15 bits per heavy atom. The molecular weight excluding hydrogens is 616 g/mol. The summed E-state index contributed by atoms with van der Waals surface area (Å²) in [6.45, 7) is 0.00162. The summed E-state index contributed by atoms with van der Waals surface area (Å²) in [7, 11) is 4.33. The molecule has 0 bridgehead atoms. The zero-order valence-electron chi connectivity index (χ0n) is 25.1. The van der Waals surface area contributed by atoms with Gasteiger partial charge < -0.3 is 33.7 Å². The van der Waals surface area contributed by atoms with Crippen LogP contribution >= 0.6 is 0 Å². The fourth-order valence-corrected chi connectivity index (χ4v) is 4.42. The number of nitro groups is 1. The Kier molecular flexibility index (Phi) is 9.45. The van der Waals surface area contributed by atoms with Gasteiger partial charge in [-0.05, 0) is 60.7 Å². The molecule has 0 spiro atoms. The van der Waals surface area contributed by atoms with Crippen molar-refractivity contribution in [3.8, 4) is 34.5 Å². The van der Waals surface area contributed by atoms with Crippen molar-refractivity contribution in [2.45, 2.75) is 0 Å². The molecule has 15 nitrogen and oxygen atoms in total.